The van der Waals surface area contributed by atoms with Gasteiger partial charge in [-0.1, -0.05) is 12.1 Å². The zero-order chi connectivity index (χ0) is 18.9. The zero-order valence-electron chi connectivity index (χ0n) is 16.3. The summed E-state index contributed by atoms with van der Waals surface area (Å²) in [6.45, 7) is 13.8. The first-order valence-corrected chi connectivity index (χ1v) is 9.39. The molecule has 0 saturated heterocycles. The van der Waals surface area contributed by atoms with Gasteiger partial charge in [0.05, 0.1) is 16.7 Å². The van der Waals surface area contributed by atoms with Gasteiger partial charge in [-0.05, 0) is 78.0 Å². The number of hydrogen-bond acceptors (Lipinski definition) is 5. The summed E-state index contributed by atoms with van der Waals surface area (Å²) in [7, 11) is 0.405. The molecule has 4 nitrogen and oxygen atoms in total. The molecular formula is C19H29BN2O2S. The molecule has 0 amide bonds. The second kappa shape index (κ2) is 7.27. The van der Waals surface area contributed by atoms with Gasteiger partial charge in [0.2, 0.25) is 0 Å². The Labute approximate surface area is 156 Å². The molecule has 2 aromatic rings. The number of rotatable bonds is 6. The predicted octanol–water partition coefficient (Wildman–Crippen LogP) is 3.17. The Bertz CT molecular complexity index is 736. The second-order valence-electron chi connectivity index (χ2n) is 8.43. The average molecular weight is 360 g/mol. The maximum absolute atomic E-state index is 10.3. The molecule has 2 N–H and O–H groups in total. The van der Waals surface area contributed by atoms with E-state index in [-0.39, 0.29) is 5.54 Å². The molecule has 0 saturated carbocycles. The topological polar surface area (TPSA) is 54.4 Å². The Balaban J connectivity index is 2.28. The van der Waals surface area contributed by atoms with Crippen molar-refractivity contribution in [3.63, 3.8) is 0 Å². The van der Waals surface area contributed by atoms with Crippen molar-refractivity contribution in [1.29, 1.82) is 0 Å². The van der Waals surface area contributed by atoms with Crippen LogP contribution in [0.3, 0.4) is 0 Å². The van der Waals surface area contributed by atoms with E-state index in [4.69, 9.17) is 4.65 Å². The summed E-state index contributed by atoms with van der Waals surface area (Å²) >= 11 is 1.62. The van der Waals surface area contributed by atoms with Crippen molar-refractivity contribution >= 4 is 35.8 Å². The lowest BCUT2D eigenvalue weighted by Gasteiger charge is -2.37. The molecule has 0 radical (unpaired) electrons. The summed E-state index contributed by atoms with van der Waals surface area (Å²) in [6, 6.07) is 8.19. The van der Waals surface area contributed by atoms with Crippen molar-refractivity contribution in [1.82, 2.24) is 9.71 Å². The van der Waals surface area contributed by atoms with Gasteiger partial charge in [-0.2, -0.15) is 0 Å². The largest absolute Gasteiger partial charge is 0.427 e. The summed E-state index contributed by atoms with van der Waals surface area (Å²) in [4.78, 5) is 5.71. The molecule has 0 unspecified atom stereocenters. The van der Waals surface area contributed by atoms with E-state index >= 15 is 0 Å². The molecule has 25 heavy (non-hydrogen) atoms. The first-order chi connectivity index (χ1) is 11.4. The Kier molecular flexibility index (Phi) is 5.89. The van der Waals surface area contributed by atoms with Crippen molar-refractivity contribution in [2.75, 3.05) is 0 Å². The van der Waals surface area contributed by atoms with Crippen LogP contribution in [0.15, 0.2) is 35.4 Å². The third-order valence-electron chi connectivity index (χ3n) is 4.34. The third-order valence-corrected chi connectivity index (χ3v) is 5.63. The normalized spacial score (nSPS) is 13.3. The number of pyridine rings is 1. The van der Waals surface area contributed by atoms with Crippen LogP contribution in [-0.2, 0) is 4.65 Å². The van der Waals surface area contributed by atoms with Crippen LogP contribution in [0.5, 0.6) is 0 Å². The summed E-state index contributed by atoms with van der Waals surface area (Å²) < 4.78 is 9.48. The third kappa shape index (κ3) is 5.20. The SMILES string of the molecule is CC(C)(C)NSc1ccc(BOC(C)(C)C(C)(C)O)c2ncccc12. The van der Waals surface area contributed by atoms with E-state index < -0.39 is 11.2 Å². The zero-order valence-corrected chi connectivity index (χ0v) is 17.1. The molecular weight excluding hydrogens is 331 g/mol. The molecule has 0 aliphatic heterocycles. The van der Waals surface area contributed by atoms with Gasteiger partial charge in [0, 0.05) is 22.0 Å². The van der Waals surface area contributed by atoms with Crippen LogP contribution >= 0.6 is 11.9 Å². The lowest BCUT2D eigenvalue weighted by atomic mass is 9.81. The molecule has 2 rings (SSSR count). The first-order valence-electron chi connectivity index (χ1n) is 8.58. The maximum Gasteiger partial charge on any atom is 0.311 e. The van der Waals surface area contributed by atoms with E-state index in [1.807, 2.05) is 19.9 Å². The van der Waals surface area contributed by atoms with Crippen LogP contribution in [0.4, 0.5) is 0 Å². The van der Waals surface area contributed by atoms with Crippen LogP contribution in [0.1, 0.15) is 48.5 Å². The summed E-state index contributed by atoms with van der Waals surface area (Å²) in [6.07, 6.45) is 1.80. The Morgan fingerprint density at radius 2 is 1.76 bits per heavy atom. The highest BCUT2D eigenvalue weighted by atomic mass is 32.2. The van der Waals surface area contributed by atoms with Gasteiger partial charge in [0.1, 0.15) is 0 Å². The van der Waals surface area contributed by atoms with Crippen LogP contribution in [0, 0.1) is 0 Å². The number of hydrogen-bond donors (Lipinski definition) is 2. The lowest BCUT2D eigenvalue weighted by Crippen LogP contribution is -2.49. The maximum atomic E-state index is 10.3. The van der Waals surface area contributed by atoms with E-state index in [2.05, 4.69) is 48.7 Å². The van der Waals surface area contributed by atoms with Crippen LogP contribution in [0.25, 0.3) is 10.9 Å². The first kappa shape index (κ1) is 20.2. The predicted molar refractivity (Wildman–Crippen MR) is 109 cm³/mol. The van der Waals surface area contributed by atoms with Gasteiger partial charge in [0.25, 0.3) is 0 Å². The van der Waals surface area contributed by atoms with E-state index in [1.165, 1.54) is 0 Å². The summed E-state index contributed by atoms with van der Waals surface area (Å²) in [5.74, 6) is 0. The molecule has 1 heterocycles. The van der Waals surface area contributed by atoms with Crippen molar-refractivity contribution in [3.05, 3.63) is 30.5 Å². The minimum Gasteiger partial charge on any atom is -0.427 e. The molecule has 6 heteroatoms. The van der Waals surface area contributed by atoms with Crippen molar-refractivity contribution in [2.24, 2.45) is 0 Å². The molecule has 0 spiro atoms. The summed E-state index contributed by atoms with van der Waals surface area (Å²) in [5, 5.41) is 11.4. The van der Waals surface area contributed by atoms with E-state index in [1.54, 1.807) is 32.0 Å². The number of aliphatic hydroxyl groups is 1. The molecule has 0 fully saturated rings. The standard InChI is InChI=1S/C19H29BN2O2S/c1-17(2,3)22-25-15-11-10-14(16-13(15)9-8-12-21-16)20-24-19(6,7)18(4,5)23/h8-12,20,22-23H,1-7H3. The second-order valence-corrected chi connectivity index (χ2v) is 9.28. The number of aromatic nitrogens is 1. The minimum atomic E-state index is -0.928. The van der Waals surface area contributed by atoms with Crippen molar-refractivity contribution in [3.8, 4) is 0 Å². The van der Waals surface area contributed by atoms with Crippen molar-refractivity contribution < 1.29 is 9.76 Å². The van der Waals surface area contributed by atoms with Crippen LogP contribution < -0.4 is 10.2 Å². The van der Waals surface area contributed by atoms with E-state index in [9.17, 15) is 5.11 Å². The van der Waals surface area contributed by atoms with Crippen LogP contribution in [0.2, 0.25) is 0 Å². The van der Waals surface area contributed by atoms with Gasteiger partial charge in [-0.15, -0.1) is 0 Å². The van der Waals surface area contributed by atoms with Gasteiger partial charge in [-0.25, -0.2) is 0 Å². The summed E-state index contributed by atoms with van der Waals surface area (Å²) in [5.41, 5.74) is 0.401. The fraction of sp³-hybridized carbons (Fsp3) is 0.526. The highest BCUT2D eigenvalue weighted by molar-refractivity contribution is 7.97. The van der Waals surface area contributed by atoms with Gasteiger partial charge in [0.15, 0.2) is 0 Å². The Hall–Kier alpha value is -1.08. The smallest absolute Gasteiger partial charge is 0.311 e. The van der Waals surface area contributed by atoms with Crippen molar-refractivity contribution in [2.45, 2.75) is 70.1 Å². The van der Waals surface area contributed by atoms with E-state index in [0.29, 0.717) is 7.48 Å². The molecule has 0 aliphatic rings. The average Bonchev–Trinajstić information content (AvgIpc) is 2.49. The molecule has 1 aromatic carbocycles. The Morgan fingerprint density at radius 3 is 2.36 bits per heavy atom. The van der Waals surface area contributed by atoms with Gasteiger partial charge in [-0.3, -0.25) is 9.71 Å². The molecule has 0 bridgehead atoms. The molecule has 0 aliphatic carbocycles. The minimum absolute atomic E-state index is 0.0255. The fourth-order valence-electron chi connectivity index (χ4n) is 2.05. The highest BCUT2D eigenvalue weighted by Crippen LogP contribution is 2.27. The highest BCUT2D eigenvalue weighted by Gasteiger charge is 2.35. The van der Waals surface area contributed by atoms with Crippen LogP contribution in [-0.4, -0.2) is 34.3 Å². The number of nitrogens with one attached hydrogen (secondary N) is 1. The molecule has 1 aromatic heterocycles. The molecule has 0 atom stereocenters. The monoisotopic (exact) mass is 360 g/mol. The number of benzene rings is 1. The number of nitrogens with zero attached hydrogens (tertiary/aromatic N) is 1. The lowest BCUT2D eigenvalue weighted by molar-refractivity contribution is -0.0893. The van der Waals surface area contributed by atoms with Gasteiger partial charge >= 0.3 is 7.48 Å². The fourth-order valence-corrected chi connectivity index (χ4v) is 2.88. The quantitative estimate of drug-likeness (QED) is 0.612. The Morgan fingerprint density at radius 1 is 1.08 bits per heavy atom. The van der Waals surface area contributed by atoms with Gasteiger partial charge < -0.3 is 9.76 Å². The molecule has 136 valence electrons. The number of fused-ring (bicyclic) bond motifs is 1. The van der Waals surface area contributed by atoms with E-state index in [0.717, 1.165) is 21.3 Å².